The minimum absolute atomic E-state index is 0.339. The topological polar surface area (TPSA) is 66.0 Å². The van der Waals surface area contributed by atoms with Crippen LogP contribution < -0.4 is 0 Å². The highest BCUT2D eigenvalue weighted by Crippen LogP contribution is 2.33. The van der Waals surface area contributed by atoms with E-state index >= 15 is 0 Å². The summed E-state index contributed by atoms with van der Waals surface area (Å²) in [5, 5.41) is 14.2. The number of carboxylic acids is 1. The Morgan fingerprint density at radius 3 is 2.75 bits per heavy atom. The Morgan fingerprint density at radius 1 is 1.35 bits per heavy atom. The zero-order valence-electron chi connectivity index (χ0n) is 10.9. The average Bonchev–Trinajstić information content (AvgIpc) is 3.08. The molecular formula is C14H12N2O2S2. The van der Waals surface area contributed by atoms with Gasteiger partial charge in [-0.05, 0) is 30.9 Å². The molecule has 0 fully saturated rings. The molecule has 3 rings (SSSR count). The van der Waals surface area contributed by atoms with E-state index in [0.717, 1.165) is 26.8 Å². The van der Waals surface area contributed by atoms with E-state index in [1.54, 1.807) is 29.6 Å². The van der Waals surface area contributed by atoms with E-state index in [2.05, 4.69) is 9.97 Å². The summed E-state index contributed by atoms with van der Waals surface area (Å²) in [5.74, 6) is -0.906. The third-order valence-electron chi connectivity index (χ3n) is 3.14. The molecule has 20 heavy (non-hydrogen) atoms. The molecule has 0 radical (unpaired) electrons. The zero-order chi connectivity index (χ0) is 14.3. The van der Waals surface area contributed by atoms with Gasteiger partial charge in [-0.15, -0.1) is 22.7 Å². The fraction of sp³-hybridized carbons (Fsp3) is 0.143. The van der Waals surface area contributed by atoms with Gasteiger partial charge in [0.15, 0.2) is 0 Å². The number of aromatic nitrogens is 2. The number of carbonyl (C=O) groups is 1. The predicted molar refractivity (Wildman–Crippen MR) is 81.6 cm³/mol. The Balaban J connectivity index is 2.06. The summed E-state index contributed by atoms with van der Waals surface area (Å²) in [6, 6.07) is 4.02. The highest BCUT2D eigenvalue weighted by Gasteiger charge is 2.19. The third-order valence-corrected chi connectivity index (χ3v) is 5.03. The molecule has 0 aliphatic rings. The quantitative estimate of drug-likeness (QED) is 0.762. The maximum absolute atomic E-state index is 11.2. The van der Waals surface area contributed by atoms with Crippen LogP contribution in [0.2, 0.25) is 0 Å². The summed E-state index contributed by atoms with van der Waals surface area (Å²) in [5.41, 5.74) is 3.32. The van der Waals surface area contributed by atoms with Crippen LogP contribution in [-0.2, 0) is 0 Å². The molecule has 0 bridgehead atoms. The van der Waals surface area contributed by atoms with Gasteiger partial charge in [-0.2, -0.15) is 0 Å². The van der Waals surface area contributed by atoms with Gasteiger partial charge < -0.3 is 10.1 Å². The molecule has 0 saturated heterocycles. The van der Waals surface area contributed by atoms with Crippen molar-refractivity contribution < 1.29 is 9.90 Å². The summed E-state index contributed by atoms with van der Waals surface area (Å²) in [7, 11) is 0. The SMILES string of the molecule is Cc1[nH]c(-c2csc(-c3cccs3)n2)c(C)c1C(=O)O. The molecule has 0 amide bonds. The molecule has 0 aromatic carbocycles. The van der Waals surface area contributed by atoms with Gasteiger partial charge in [-0.1, -0.05) is 6.07 Å². The standard InChI is InChI=1S/C14H12N2O2S2/c1-7-11(14(17)18)8(2)15-12(7)9-6-20-13(16-9)10-4-3-5-19-10/h3-6,15H,1-2H3,(H,17,18). The fourth-order valence-electron chi connectivity index (χ4n) is 2.23. The molecule has 0 atom stereocenters. The van der Waals surface area contributed by atoms with Crippen molar-refractivity contribution >= 4 is 28.6 Å². The maximum Gasteiger partial charge on any atom is 0.337 e. The lowest BCUT2D eigenvalue weighted by Gasteiger charge is -1.96. The van der Waals surface area contributed by atoms with Crippen molar-refractivity contribution in [2.24, 2.45) is 0 Å². The van der Waals surface area contributed by atoms with Crippen LogP contribution in [0, 0.1) is 13.8 Å². The van der Waals surface area contributed by atoms with Gasteiger partial charge in [0.1, 0.15) is 5.01 Å². The molecule has 0 saturated carbocycles. The smallest absolute Gasteiger partial charge is 0.337 e. The van der Waals surface area contributed by atoms with Crippen LogP contribution in [0.5, 0.6) is 0 Å². The molecule has 0 aliphatic heterocycles. The van der Waals surface area contributed by atoms with Gasteiger partial charge in [0, 0.05) is 11.1 Å². The van der Waals surface area contributed by atoms with Gasteiger partial charge in [0.25, 0.3) is 0 Å². The summed E-state index contributed by atoms with van der Waals surface area (Å²) in [6.45, 7) is 3.58. The van der Waals surface area contributed by atoms with Gasteiger partial charge >= 0.3 is 5.97 Å². The van der Waals surface area contributed by atoms with E-state index in [-0.39, 0.29) is 0 Å². The van der Waals surface area contributed by atoms with E-state index in [1.807, 2.05) is 29.8 Å². The van der Waals surface area contributed by atoms with E-state index < -0.39 is 5.97 Å². The average molecular weight is 304 g/mol. The predicted octanol–water partition coefficient (Wildman–Crippen LogP) is 4.18. The molecule has 4 nitrogen and oxygen atoms in total. The van der Waals surface area contributed by atoms with E-state index in [9.17, 15) is 9.90 Å². The molecule has 3 aromatic rings. The molecule has 6 heteroatoms. The minimum Gasteiger partial charge on any atom is -0.478 e. The summed E-state index contributed by atoms with van der Waals surface area (Å²) < 4.78 is 0. The lowest BCUT2D eigenvalue weighted by molar-refractivity contribution is 0.0695. The number of aryl methyl sites for hydroxylation is 1. The number of rotatable bonds is 3. The Bertz CT molecular complexity index is 769. The van der Waals surface area contributed by atoms with Crippen LogP contribution in [0.15, 0.2) is 22.9 Å². The number of hydrogen-bond acceptors (Lipinski definition) is 4. The Labute approximate surface area is 123 Å². The Kier molecular flexibility index (Phi) is 3.19. The van der Waals surface area contributed by atoms with Crippen LogP contribution in [-0.4, -0.2) is 21.0 Å². The number of aromatic amines is 1. The molecule has 0 unspecified atom stereocenters. The van der Waals surface area contributed by atoms with Gasteiger partial charge in [0.2, 0.25) is 0 Å². The summed E-state index contributed by atoms with van der Waals surface area (Å²) in [6.07, 6.45) is 0. The van der Waals surface area contributed by atoms with Crippen molar-refractivity contribution in [3.63, 3.8) is 0 Å². The van der Waals surface area contributed by atoms with Crippen LogP contribution in [0.4, 0.5) is 0 Å². The molecule has 3 aromatic heterocycles. The lowest BCUT2D eigenvalue weighted by atomic mass is 10.1. The first-order chi connectivity index (χ1) is 9.58. The van der Waals surface area contributed by atoms with Crippen molar-refractivity contribution in [3.8, 4) is 21.3 Å². The van der Waals surface area contributed by atoms with E-state index in [4.69, 9.17) is 0 Å². The number of thiazole rings is 1. The number of nitrogens with one attached hydrogen (secondary N) is 1. The fourth-order valence-corrected chi connectivity index (χ4v) is 3.85. The van der Waals surface area contributed by atoms with Crippen molar-refractivity contribution in [1.82, 2.24) is 9.97 Å². The highest BCUT2D eigenvalue weighted by atomic mass is 32.1. The van der Waals surface area contributed by atoms with Crippen LogP contribution in [0.1, 0.15) is 21.6 Å². The normalized spacial score (nSPS) is 10.9. The summed E-state index contributed by atoms with van der Waals surface area (Å²) in [4.78, 5) is 20.1. The van der Waals surface area contributed by atoms with E-state index in [1.165, 1.54) is 0 Å². The number of H-pyrrole nitrogens is 1. The molecular weight excluding hydrogens is 292 g/mol. The van der Waals surface area contributed by atoms with Gasteiger partial charge in [0.05, 0.1) is 21.8 Å². The second kappa shape index (κ2) is 4.88. The van der Waals surface area contributed by atoms with Crippen molar-refractivity contribution in [1.29, 1.82) is 0 Å². The number of carboxylic acid groups (broad SMARTS) is 1. The number of aromatic carboxylic acids is 1. The maximum atomic E-state index is 11.2. The first-order valence-electron chi connectivity index (χ1n) is 6.00. The van der Waals surface area contributed by atoms with Crippen molar-refractivity contribution in [3.05, 3.63) is 39.7 Å². The van der Waals surface area contributed by atoms with E-state index in [0.29, 0.717) is 11.3 Å². The van der Waals surface area contributed by atoms with Gasteiger partial charge in [-0.3, -0.25) is 0 Å². The molecule has 3 heterocycles. The first kappa shape index (κ1) is 13.1. The molecule has 2 N–H and O–H groups in total. The van der Waals surface area contributed by atoms with Crippen LogP contribution >= 0.6 is 22.7 Å². The number of hydrogen-bond donors (Lipinski definition) is 2. The third kappa shape index (κ3) is 2.07. The van der Waals surface area contributed by atoms with Crippen molar-refractivity contribution in [2.75, 3.05) is 0 Å². The number of thiophene rings is 1. The van der Waals surface area contributed by atoms with Crippen molar-refractivity contribution in [2.45, 2.75) is 13.8 Å². The first-order valence-corrected chi connectivity index (χ1v) is 7.76. The Hall–Kier alpha value is -1.92. The van der Waals surface area contributed by atoms with Gasteiger partial charge in [-0.25, -0.2) is 9.78 Å². The van der Waals surface area contributed by atoms with Crippen LogP contribution in [0.3, 0.4) is 0 Å². The lowest BCUT2D eigenvalue weighted by Crippen LogP contribution is -1.98. The monoisotopic (exact) mass is 304 g/mol. The summed E-state index contributed by atoms with van der Waals surface area (Å²) >= 11 is 3.21. The molecule has 0 aliphatic carbocycles. The second-order valence-electron chi connectivity index (χ2n) is 4.45. The highest BCUT2D eigenvalue weighted by molar-refractivity contribution is 7.20. The molecule has 102 valence electrons. The minimum atomic E-state index is -0.906. The largest absolute Gasteiger partial charge is 0.478 e. The molecule has 0 spiro atoms. The Morgan fingerprint density at radius 2 is 2.15 bits per heavy atom. The zero-order valence-corrected chi connectivity index (χ0v) is 12.6. The number of nitrogens with zero attached hydrogens (tertiary/aromatic N) is 1. The van der Waals surface area contributed by atoms with Crippen LogP contribution in [0.25, 0.3) is 21.3 Å². The second-order valence-corrected chi connectivity index (χ2v) is 6.25.